The number of fused-ring (bicyclic) bond motifs is 1. The molecule has 1 aliphatic rings. The van der Waals surface area contributed by atoms with Gasteiger partial charge in [0.1, 0.15) is 0 Å². The van der Waals surface area contributed by atoms with Crippen molar-refractivity contribution in [1.29, 1.82) is 0 Å². The number of piperazine rings is 1. The molecule has 3 rings (SSSR count). The van der Waals surface area contributed by atoms with Crippen LogP contribution in [0.25, 0.3) is 10.2 Å². The number of rotatable bonds is 4. The van der Waals surface area contributed by atoms with Crippen LogP contribution in [0.3, 0.4) is 0 Å². The SMILES string of the molecule is COC(=O)C[C@@H](C)N1CCN(C(=O)c2ccc3ncsc3c2)CC1. The van der Waals surface area contributed by atoms with Gasteiger partial charge in [-0.15, -0.1) is 11.3 Å². The average Bonchev–Trinajstić information content (AvgIpc) is 3.08. The molecular formula is C17H21N3O3S. The van der Waals surface area contributed by atoms with Crippen LogP contribution in [0.1, 0.15) is 23.7 Å². The Morgan fingerprint density at radius 3 is 2.75 bits per heavy atom. The monoisotopic (exact) mass is 347 g/mol. The molecule has 0 saturated carbocycles. The number of carbonyl (C=O) groups excluding carboxylic acids is 2. The minimum absolute atomic E-state index is 0.0607. The van der Waals surface area contributed by atoms with Crippen molar-refractivity contribution in [3.63, 3.8) is 0 Å². The van der Waals surface area contributed by atoms with Crippen LogP contribution >= 0.6 is 11.3 Å². The second-order valence-corrected chi connectivity index (χ2v) is 6.88. The van der Waals surface area contributed by atoms with Crippen LogP contribution in [0, 0.1) is 0 Å². The van der Waals surface area contributed by atoms with Crippen LogP contribution < -0.4 is 0 Å². The second kappa shape index (κ2) is 7.27. The molecule has 0 spiro atoms. The van der Waals surface area contributed by atoms with Crippen LogP contribution in [0.15, 0.2) is 23.7 Å². The van der Waals surface area contributed by atoms with Gasteiger partial charge < -0.3 is 9.64 Å². The lowest BCUT2D eigenvalue weighted by Crippen LogP contribution is -2.51. The number of thiazole rings is 1. The summed E-state index contributed by atoms with van der Waals surface area (Å²) in [6, 6.07) is 5.79. The first kappa shape index (κ1) is 16.9. The van der Waals surface area contributed by atoms with Crippen molar-refractivity contribution in [1.82, 2.24) is 14.8 Å². The van der Waals surface area contributed by atoms with E-state index in [4.69, 9.17) is 4.74 Å². The first-order chi connectivity index (χ1) is 11.6. The normalized spacial score (nSPS) is 17.0. The van der Waals surface area contributed by atoms with E-state index in [1.54, 1.807) is 16.8 Å². The number of hydrogen-bond acceptors (Lipinski definition) is 6. The minimum Gasteiger partial charge on any atom is -0.469 e. The predicted octanol–water partition coefficient (Wildman–Crippen LogP) is 2.01. The molecule has 0 N–H and O–H groups in total. The maximum Gasteiger partial charge on any atom is 0.307 e. The number of benzene rings is 1. The lowest BCUT2D eigenvalue weighted by atomic mass is 10.1. The topological polar surface area (TPSA) is 62.7 Å². The molecule has 0 bridgehead atoms. The third-order valence-electron chi connectivity index (χ3n) is 4.49. The summed E-state index contributed by atoms with van der Waals surface area (Å²) >= 11 is 1.54. The van der Waals surface area contributed by atoms with Crippen molar-refractivity contribution in [3.8, 4) is 0 Å². The number of hydrogen-bond donors (Lipinski definition) is 0. The van der Waals surface area contributed by atoms with E-state index in [9.17, 15) is 9.59 Å². The summed E-state index contributed by atoms with van der Waals surface area (Å²) in [4.78, 5) is 32.4. The maximum atomic E-state index is 12.7. The smallest absolute Gasteiger partial charge is 0.307 e. The van der Waals surface area contributed by atoms with Crippen molar-refractivity contribution in [3.05, 3.63) is 29.3 Å². The van der Waals surface area contributed by atoms with Crippen LogP contribution in [0.5, 0.6) is 0 Å². The third-order valence-corrected chi connectivity index (χ3v) is 5.28. The molecule has 1 aromatic heterocycles. The Balaban J connectivity index is 1.59. The molecule has 1 amide bonds. The number of ether oxygens (including phenoxy) is 1. The highest BCUT2D eigenvalue weighted by Gasteiger charge is 2.26. The summed E-state index contributed by atoms with van der Waals surface area (Å²) in [5.74, 6) is -0.135. The number of methoxy groups -OCH3 is 1. The van der Waals surface area contributed by atoms with E-state index in [1.165, 1.54) is 7.11 Å². The van der Waals surface area contributed by atoms with E-state index >= 15 is 0 Å². The molecule has 1 atom stereocenters. The Bertz CT molecular complexity index is 738. The van der Waals surface area contributed by atoms with Crippen LogP contribution in [-0.4, -0.2) is 66.0 Å². The lowest BCUT2D eigenvalue weighted by Gasteiger charge is -2.37. The quantitative estimate of drug-likeness (QED) is 0.792. The van der Waals surface area contributed by atoms with Gasteiger partial charge in [-0.3, -0.25) is 14.5 Å². The fraction of sp³-hybridized carbons (Fsp3) is 0.471. The summed E-state index contributed by atoms with van der Waals surface area (Å²) in [5.41, 5.74) is 3.43. The highest BCUT2D eigenvalue weighted by atomic mass is 32.1. The van der Waals surface area contributed by atoms with Crippen molar-refractivity contribution >= 4 is 33.4 Å². The number of nitrogens with zero attached hydrogens (tertiary/aromatic N) is 3. The summed E-state index contributed by atoms with van der Waals surface area (Å²) in [5, 5.41) is 0. The van der Waals surface area contributed by atoms with Gasteiger partial charge in [0.25, 0.3) is 5.91 Å². The van der Waals surface area contributed by atoms with Crippen molar-refractivity contribution in [2.45, 2.75) is 19.4 Å². The lowest BCUT2D eigenvalue weighted by molar-refractivity contribution is -0.142. The highest BCUT2D eigenvalue weighted by molar-refractivity contribution is 7.16. The van der Waals surface area contributed by atoms with Gasteiger partial charge >= 0.3 is 5.97 Å². The van der Waals surface area contributed by atoms with Crippen molar-refractivity contribution in [2.24, 2.45) is 0 Å². The number of carbonyl (C=O) groups is 2. The molecule has 6 nitrogen and oxygen atoms in total. The zero-order valence-corrected chi connectivity index (χ0v) is 14.7. The van der Waals surface area contributed by atoms with Gasteiger partial charge in [-0.1, -0.05) is 0 Å². The standard InChI is InChI=1S/C17H21N3O3S/c1-12(9-16(21)23-2)19-5-7-20(8-6-19)17(22)13-3-4-14-15(10-13)24-11-18-14/h3-4,10-12H,5-9H2,1-2H3/t12-/m1/s1. The molecule has 7 heteroatoms. The van der Waals surface area contributed by atoms with E-state index < -0.39 is 0 Å². The minimum atomic E-state index is -0.195. The molecule has 1 saturated heterocycles. The van der Waals surface area contributed by atoms with Gasteiger partial charge in [0.2, 0.25) is 0 Å². The van der Waals surface area contributed by atoms with Gasteiger partial charge in [0.15, 0.2) is 0 Å². The molecule has 24 heavy (non-hydrogen) atoms. The molecular weight excluding hydrogens is 326 g/mol. The van der Waals surface area contributed by atoms with Gasteiger partial charge in [-0.2, -0.15) is 0 Å². The highest BCUT2D eigenvalue weighted by Crippen LogP contribution is 2.20. The zero-order valence-electron chi connectivity index (χ0n) is 13.9. The fourth-order valence-electron chi connectivity index (χ4n) is 2.99. The molecule has 1 aliphatic heterocycles. The van der Waals surface area contributed by atoms with Crippen LogP contribution in [0.4, 0.5) is 0 Å². The molecule has 0 radical (unpaired) electrons. The Labute approximate surface area is 145 Å². The van der Waals surface area contributed by atoms with Gasteiger partial charge in [0.05, 0.1) is 29.3 Å². The number of amides is 1. The average molecular weight is 347 g/mol. The Kier molecular flexibility index (Phi) is 5.11. The predicted molar refractivity (Wildman–Crippen MR) is 93.2 cm³/mol. The summed E-state index contributed by atoms with van der Waals surface area (Å²) in [6.07, 6.45) is 0.381. The maximum absolute atomic E-state index is 12.7. The largest absolute Gasteiger partial charge is 0.469 e. The van der Waals surface area contributed by atoms with E-state index in [0.29, 0.717) is 25.1 Å². The van der Waals surface area contributed by atoms with Crippen LogP contribution in [0.2, 0.25) is 0 Å². The Hall–Kier alpha value is -1.99. The summed E-state index contributed by atoms with van der Waals surface area (Å²) < 4.78 is 5.76. The second-order valence-electron chi connectivity index (χ2n) is 5.99. The molecule has 0 aliphatic carbocycles. The van der Waals surface area contributed by atoms with E-state index in [1.807, 2.05) is 30.0 Å². The van der Waals surface area contributed by atoms with Crippen LogP contribution in [-0.2, 0) is 9.53 Å². The van der Waals surface area contributed by atoms with Gasteiger partial charge in [-0.05, 0) is 25.1 Å². The first-order valence-corrected chi connectivity index (χ1v) is 8.90. The van der Waals surface area contributed by atoms with Gasteiger partial charge in [-0.25, -0.2) is 4.98 Å². The Morgan fingerprint density at radius 2 is 2.04 bits per heavy atom. The van der Waals surface area contributed by atoms with E-state index in [-0.39, 0.29) is 17.9 Å². The van der Waals surface area contributed by atoms with E-state index in [0.717, 1.165) is 23.3 Å². The molecule has 128 valence electrons. The van der Waals surface area contributed by atoms with Crippen molar-refractivity contribution in [2.75, 3.05) is 33.3 Å². The Morgan fingerprint density at radius 1 is 1.29 bits per heavy atom. The van der Waals surface area contributed by atoms with Gasteiger partial charge in [0, 0.05) is 37.8 Å². The van der Waals surface area contributed by atoms with E-state index in [2.05, 4.69) is 9.88 Å². The molecule has 2 heterocycles. The summed E-state index contributed by atoms with van der Waals surface area (Å²) in [7, 11) is 1.41. The number of esters is 1. The summed E-state index contributed by atoms with van der Waals surface area (Å²) in [6.45, 7) is 4.90. The molecule has 1 aromatic carbocycles. The number of aromatic nitrogens is 1. The fourth-order valence-corrected chi connectivity index (χ4v) is 3.71. The first-order valence-electron chi connectivity index (χ1n) is 8.02. The molecule has 1 fully saturated rings. The zero-order chi connectivity index (χ0) is 17.1. The molecule has 2 aromatic rings. The third kappa shape index (κ3) is 3.57. The molecule has 0 unspecified atom stereocenters. The van der Waals surface area contributed by atoms with Crippen molar-refractivity contribution < 1.29 is 14.3 Å².